The van der Waals surface area contributed by atoms with Gasteiger partial charge in [0.2, 0.25) is 0 Å². The maximum absolute atomic E-state index is 13.4. The smallest absolute Gasteiger partial charge is 0.150 e. The molecule has 0 bridgehead atoms. The predicted molar refractivity (Wildman–Crippen MR) is 67.8 cm³/mol. The molecule has 0 aliphatic heterocycles. The van der Waals surface area contributed by atoms with Gasteiger partial charge in [-0.05, 0) is 42.8 Å². The molecule has 0 fully saturated rings. The normalized spacial score (nSPS) is 9.74. The van der Waals surface area contributed by atoms with Gasteiger partial charge in [0.25, 0.3) is 0 Å². The molecule has 0 aliphatic carbocycles. The van der Waals surface area contributed by atoms with Crippen molar-refractivity contribution in [2.45, 2.75) is 6.92 Å². The van der Waals surface area contributed by atoms with Crippen LogP contribution in [0, 0.1) is 24.1 Å². The Bertz CT molecular complexity index is 674. The number of nitrogens with zero attached hydrogens (tertiary/aromatic N) is 1. The second kappa shape index (κ2) is 5.32. The number of benzene rings is 2. The Kier molecular flexibility index (Phi) is 3.58. The summed E-state index contributed by atoms with van der Waals surface area (Å²) in [6.45, 7) is 1.79. The molecule has 0 N–H and O–H groups in total. The SMILES string of the molecule is Cc1cc(C=O)ccc1Oc1ccc(C#N)c(F)c1. The highest BCUT2D eigenvalue weighted by molar-refractivity contribution is 5.75. The predicted octanol–water partition coefficient (Wildman–Crippen LogP) is 3.61. The Labute approximate surface area is 109 Å². The van der Waals surface area contributed by atoms with Crippen molar-refractivity contribution in [2.75, 3.05) is 0 Å². The third-order valence-electron chi connectivity index (χ3n) is 2.62. The van der Waals surface area contributed by atoms with Crippen molar-refractivity contribution in [2.24, 2.45) is 0 Å². The lowest BCUT2D eigenvalue weighted by Gasteiger charge is -2.09. The third-order valence-corrected chi connectivity index (χ3v) is 2.62. The van der Waals surface area contributed by atoms with Gasteiger partial charge in [-0.25, -0.2) is 4.39 Å². The van der Waals surface area contributed by atoms with Crippen LogP contribution in [0.1, 0.15) is 21.5 Å². The quantitative estimate of drug-likeness (QED) is 0.787. The van der Waals surface area contributed by atoms with Crippen molar-refractivity contribution < 1.29 is 13.9 Å². The number of ether oxygens (including phenoxy) is 1. The van der Waals surface area contributed by atoms with Gasteiger partial charge >= 0.3 is 0 Å². The Hall–Kier alpha value is -2.67. The molecule has 0 aromatic heterocycles. The molecule has 2 aromatic carbocycles. The molecule has 2 rings (SSSR count). The maximum Gasteiger partial charge on any atom is 0.150 e. The van der Waals surface area contributed by atoms with Gasteiger partial charge in [-0.1, -0.05) is 0 Å². The summed E-state index contributed by atoms with van der Waals surface area (Å²) in [5, 5.41) is 8.64. The Morgan fingerprint density at radius 2 is 2.05 bits per heavy atom. The molecule has 0 amide bonds. The zero-order chi connectivity index (χ0) is 13.8. The Balaban J connectivity index is 2.29. The first-order valence-electron chi connectivity index (χ1n) is 5.57. The molecule has 2 aromatic rings. The van der Waals surface area contributed by atoms with E-state index in [4.69, 9.17) is 10.00 Å². The van der Waals surface area contributed by atoms with E-state index < -0.39 is 5.82 Å². The molecular weight excluding hydrogens is 245 g/mol. The number of rotatable bonds is 3. The average molecular weight is 255 g/mol. The molecule has 0 spiro atoms. The van der Waals surface area contributed by atoms with Crippen LogP contribution in [-0.2, 0) is 0 Å². The lowest BCUT2D eigenvalue weighted by Crippen LogP contribution is -1.91. The van der Waals surface area contributed by atoms with Crippen LogP contribution in [0.4, 0.5) is 4.39 Å². The van der Waals surface area contributed by atoms with Gasteiger partial charge in [0.1, 0.15) is 29.7 Å². The fourth-order valence-corrected chi connectivity index (χ4v) is 1.64. The van der Waals surface area contributed by atoms with Gasteiger partial charge in [-0.2, -0.15) is 5.26 Å². The van der Waals surface area contributed by atoms with E-state index in [9.17, 15) is 9.18 Å². The largest absolute Gasteiger partial charge is 0.457 e. The lowest BCUT2D eigenvalue weighted by atomic mass is 10.1. The van der Waals surface area contributed by atoms with Crippen molar-refractivity contribution in [3.8, 4) is 17.6 Å². The summed E-state index contributed by atoms with van der Waals surface area (Å²) < 4.78 is 18.9. The molecule has 94 valence electrons. The van der Waals surface area contributed by atoms with Crippen LogP contribution in [0.3, 0.4) is 0 Å². The van der Waals surface area contributed by atoms with E-state index in [0.29, 0.717) is 17.1 Å². The van der Waals surface area contributed by atoms with Gasteiger partial charge in [-0.15, -0.1) is 0 Å². The summed E-state index contributed by atoms with van der Waals surface area (Å²) in [7, 11) is 0. The van der Waals surface area contributed by atoms with E-state index in [0.717, 1.165) is 17.9 Å². The molecular formula is C15H10FNO2. The minimum Gasteiger partial charge on any atom is -0.457 e. The standard InChI is InChI=1S/C15H10FNO2/c1-10-6-11(9-18)2-5-15(10)19-13-4-3-12(8-17)14(16)7-13/h2-7,9H,1H3. The number of halogens is 1. The number of nitriles is 1. The van der Waals surface area contributed by atoms with Gasteiger partial charge in [0.05, 0.1) is 5.56 Å². The summed E-state index contributed by atoms with van der Waals surface area (Å²) in [4.78, 5) is 10.6. The second-order valence-corrected chi connectivity index (χ2v) is 4.00. The number of carbonyl (C=O) groups excluding carboxylic acids is 1. The highest BCUT2D eigenvalue weighted by Gasteiger charge is 2.06. The maximum atomic E-state index is 13.4. The fourth-order valence-electron chi connectivity index (χ4n) is 1.64. The summed E-state index contributed by atoms with van der Waals surface area (Å²) in [5.74, 6) is 0.218. The van der Waals surface area contributed by atoms with Crippen LogP contribution >= 0.6 is 0 Å². The van der Waals surface area contributed by atoms with Crippen molar-refractivity contribution in [3.63, 3.8) is 0 Å². The minimum absolute atomic E-state index is 0.0274. The Morgan fingerprint density at radius 3 is 2.63 bits per heavy atom. The monoisotopic (exact) mass is 255 g/mol. The average Bonchev–Trinajstić information content (AvgIpc) is 2.41. The van der Waals surface area contributed by atoms with Crippen LogP contribution in [0.15, 0.2) is 36.4 Å². The van der Waals surface area contributed by atoms with Crippen LogP contribution < -0.4 is 4.74 Å². The first-order valence-corrected chi connectivity index (χ1v) is 5.57. The van der Waals surface area contributed by atoms with Crippen LogP contribution in [0.25, 0.3) is 0 Å². The topological polar surface area (TPSA) is 50.1 Å². The molecule has 0 atom stereocenters. The zero-order valence-electron chi connectivity index (χ0n) is 10.2. The number of carbonyl (C=O) groups is 1. The van der Waals surface area contributed by atoms with E-state index in [-0.39, 0.29) is 5.56 Å². The fraction of sp³-hybridized carbons (Fsp3) is 0.0667. The van der Waals surface area contributed by atoms with Gasteiger partial charge in [0.15, 0.2) is 0 Å². The lowest BCUT2D eigenvalue weighted by molar-refractivity contribution is 0.112. The molecule has 0 saturated carbocycles. The number of aryl methyl sites for hydroxylation is 1. The highest BCUT2D eigenvalue weighted by Crippen LogP contribution is 2.26. The molecule has 4 heteroatoms. The third kappa shape index (κ3) is 2.78. The molecule has 0 heterocycles. The summed E-state index contributed by atoms with van der Waals surface area (Å²) in [6.07, 6.45) is 0.748. The van der Waals surface area contributed by atoms with Crippen molar-refractivity contribution in [3.05, 3.63) is 58.9 Å². The number of hydrogen-bond acceptors (Lipinski definition) is 3. The van der Waals surface area contributed by atoms with Gasteiger partial charge in [-0.3, -0.25) is 4.79 Å². The molecule has 0 saturated heterocycles. The zero-order valence-corrected chi connectivity index (χ0v) is 10.2. The van der Waals surface area contributed by atoms with Gasteiger partial charge in [0, 0.05) is 11.6 Å². The van der Waals surface area contributed by atoms with Crippen molar-refractivity contribution >= 4 is 6.29 Å². The second-order valence-electron chi connectivity index (χ2n) is 4.00. The first kappa shape index (κ1) is 12.8. The van der Waals surface area contributed by atoms with E-state index in [1.807, 2.05) is 0 Å². The molecule has 0 radical (unpaired) electrons. The molecule has 0 unspecified atom stereocenters. The van der Waals surface area contributed by atoms with E-state index in [2.05, 4.69) is 0 Å². The van der Waals surface area contributed by atoms with Crippen molar-refractivity contribution in [1.82, 2.24) is 0 Å². The van der Waals surface area contributed by atoms with Crippen LogP contribution in [0.5, 0.6) is 11.5 Å². The van der Waals surface area contributed by atoms with E-state index >= 15 is 0 Å². The van der Waals surface area contributed by atoms with Crippen molar-refractivity contribution in [1.29, 1.82) is 5.26 Å². The first-order chi connectivity index (χ1) is 9.13. The highest BCUT2D eigenvalue weighted by atomic mass is 19.1. The number of hydrogen-bond donors (Lipinski definition) is 0. The summed E-state index contributed by atoms with van der Waals surface area (Å²) in [5.41, 5.74) is 1.30. The van der Waals surface area contributed by atoms with E-state index in [1.165, 1.54) is 12.1 Å². The number of aldehydes is 1. The Morgan fingerprint density at radius 1 is 1.26 bits per heavy atom. The molecule has 3 nitrogen and oxygen atoms in total. The summed E-state index contributed by atoms with van der Waals surface area (Å²) in [6, 6.07) is 10.7. The van der Waals surface area contributed by atoms with Crippen LogP contribution in [0.2, 0.25) is 0 Å². The van der Waals surface area contributed by atoms with Gasteiger partial charge < -0.3 is 4.74 Å². The molecule has 0 aliphatic rings. The van der Waals surface area contributed by atoms with Crippen LogP contribution in [-0.4, -0.2) is 6.29 Å². The van der Waals surface area contributed by atoms with E-state index in [1.54, 1.807) is 31.2 Å². The summed E-state index contributed by atoms with van der Waals surface area (Å²) >= 11 is 0. The minimum atomic E-state index is -0.623. The molecule has 19 heavy (non-hydrogen) atoms.